The molecule has 0 saturated carbocycles. The van der Waals surface area contributed by atoms with Crippen molar-refractivity contribution in [3.8, 4) is 0 Å². The summed E-state index contributed by atoms with van der Waals surface area (Å²) in [7, 11) is 0. The lowest BCUT2D eigenvalue weighted by atomic mass is 9.93. The molecule has 0 amide bonds. The molecule has 0 radical (unpaired) electrons. The Hall–Kier alpha value is -2.39. The van der Waals surface area contributed by atoms with E-state index >= 15 is 0 Å². The SMILES string of the molecule is [N-]=[N+]=NC1=CC(=O)c2ccccc2C1=O. The van der Waals surface area contributed by atoms with E-state index in [9.17, 15) is 9.59 Å². The maximum atomic E-state index is 11.7. The second-order valence-electron chi connectivity index (χ2n) is 2.96. The molecular formula is C10H5N3O2. The van der Waals surface area contributed by atoms with E-state index in [0.29, 0.717) is 5.56 Å². The van der Waals surface area contributed by atoms with Crippen molar-refractivity contribution < 1.29 is 9.59 Å². The van der Waals surface area contributed by atoms with E-state index in [1.165, 1.54) is 6.07 Å². The van der Waals surface area contributed by atoms with Crippen LogP contribution in [0.15, 0.2) is 41.2 Å². The van der Waals surface area contributed by atoms with Gasteiger partial charge in [-0.25, -0.2) is 0 Å². The van der Waals surface area contributed by atoms with E-state index < -0.39 is 5.78 Å². The Morgan fingerprint density at radius 2 is 1.80 bits per heavy atom. The van der Waals surface area contributed by atoms with Crippen LogP contribution < -0.4 is 0 Å². The highest BCUT2D eigenvalue weighted by Crippen LogP contribution is 2.21. The maximum Gasteiger partial charge on any atom is 0.196 e. The van der Waals surface area contributed by atoms with Crippen LogP contribution in [0.2, 0.25) is 0 Å². The fourth-order valence-corrected chi connectivity index (χ4v) is 1.42. The van der Waals surface area contributed by atoms with Gasteiger partial charge in [0.15, 0.2) is 11.6 Å². The van der Waals surface area contributed by atoms with Crippen molar-refractivity contribution in [3.05, 3.63) is 57.6 Å². The first-order valence-corrected chi connectivity index (χ1v) is 4.19. The molecule has 5 nitrogen and oxygen atoms in total. The second kappa shape index (κ2) is 3.40. The van der Waals surface area contributed by atoms with Gasteiger partial charge >= 0.3 is 0 Å². The molecule has 0 N–H and O–H groups in total. The van der Waals surface area contributed by atoms with Crippen LogP contribution in [0.3, 0.4) is 0 Å². The van der Waals surface area contributed by atoms with Gasteiger partial charge in [0.1, 0.15) is 0 Å². The molecule has 0 bridgehead atoms. The van der Waals surface area contributed by atoms with Gasteiger partial charge in [-0.15, -0.1) is 0 Å². The summed E-state index contributed by atoms with van der Waals surface area (Å²) in [4.78, 5) is 25.7. The molecule has 1 aromatic carbocycles. The number of hydrogen-bond donors (Lipinski definition) is 0. The average Bonchev–Trinajstić information content (AvgIpc) is 2.26. The highest BCUT2D eigenvalue weighted by Gasteiger charge is 2.23. The van der Waals surface area contributed by atoms with Crippen molar-refractivity contribution in [1.29, 1.82) is 0 Å². The Balaban J connectivity index is 2.63. The summed E-state index contributed by atoms with van der Waals surface area (Å²) >= 11 is 0. The summed E-state index contributed by atoms with van der Waals surface area (Å²) in [5.74, 6) is -0.726. The number of allylic oxidation sites excluding steroid dienone is 2. The minimum atomic E-state index is -0.414. The van der Waals surface area contributed by atoms with Crippen molar-refractivity contribution in [1.82, 2.24) is 0 Å². The van der Waals surface area contributed by atoms with Gasteiger partial charge in [0.05, 0.1) is 5.70 Å². The summed E-state index contributed by atoms with van der Waals surface area (Å²) in [6, 6.07) is 6.44. The van der Waals surface area contributed by atoms with Crippen LogP contribution in [0.4, 0.5) is 0 Å². The Labute approximate surface area is 84.7 Å². The van der Waals surface area contributed by atoms with Gasteiger partial charge in [0.2, 0.25) is 0 Å². The molecule has 1 aliphatic rings. The van der Waals surface area contributed by atoms with Gasteiger partial charge in [-0.05, 0) is 11.6 Å². The van der Waals surface area contributed by atoms with Gasteiger partial charge in [-0.2, -0.15) is 0 Å². The van der Waals surface area contributed by atoms with Crippen molar-refractivity contribution in [2.24, 2.45) is 5.11 Å². The monoisotopic (exact) mass is 199 g/mol. The summed E-state index contributed by atoms with van der Waals surface area (Å²) < 4.78 is 0. The number of Topliss-reactive ketones (excluding diaryl/α,β-unsaturated/α-hetero) is 1. The van der Waals surface area contributed by atoms with Crippen LogP contribution >= 0.6 is 0 Å². The first-order valence-electron chi connectivity index (χ1n) is 4.19. The van der Waals surface area contributed by atoms with Gasteiger partial charge in [-0.3, -0.25) is 9.59 Å². The molecule has 0 unspecified atom stereocenters. The number of azide groups is 1. The molecule has 0 heterocycles. The van der Waals surface area contributed by atoms with E-state index in [4.69, 9.17) is 5.53 Å². The number of carbonyl (C=O) groups excluding carboxylic acids is 2. The zero-order valence-electron chi connectivity index (χ0n) is 7.54. The molecule has 1 aromatic rings. The van der Waals surface area contributed by atoms with E-state index in [1.54, 1.807) is 18.2 Å². The largest absolute Gasteiger partial charge is 0.289 e. The van der Waals surface area contributed by atoms with Crippen LogP contribution in [-0.4, -0.2) is 11.6 Å². The lowest BCUT2D eigenvalue weighted by Crippen LogP contribution is -2.15. The third-order valence-electron chi connectivity index (χ3n) is 2.09. The molecule has 72 valence electrons. The lowest BCUT2D eigenvalue weighted by Gasteiger charge is -2.10. The van der Waals surface area contributed by atoms with Crippen LogP contribution in [0.1, 0.15) is 20.7 Å². The standard InChI is InChI=1S/C10H5N3O2/c11-13-12-8-5-9(14)6-3-1-2-4-7(6)10(8)15/h1-5H. The minimum Gasteiger partial charge on any atom is -0.289 e. The first kappa shape index (κ1) is 9.18. The summed E-state index contributed by atoms with van der Waals surface area (Å²) in [5, 5.41) is 3.19. The fraction of sp³-hybridized carbons (Fsp3) is 0. The molecule has 0 saturated heterocycles. The van der Waals surface area contributed by atoms with Crippen LogP contribution in [0.5, 0.6) is 0 Å². The minimum absolute atomic E-state index is 0.152. The predicted octanol–water partition coefficient (Wildman–Crippen LogP) is 2.26. The predicted molar refractivity (Wildman–Crippen MR) is 52.3 cm³/mol. The first-order chi connectivity index (χ1) is 7.24. The normalized spacial score (nSPS) is 14.0. The molecule has 2 rings (SSSR count). The van der Waals surface area contributed by atoms with Gasteiger partial charge in [0.25, 0.3) is 0 Å². The molecule has 0 atom stereocenters. The van der Waals surface area contributed by atoms with Gasteiger partial charge in [-0.1, -0.05) is 29.4 Å². The number of hydrogen-bond acceptors (Lipinski definition) is 3. The molecule has 0 aliphatic heterocycles. The third-order valence-corrected chi connectivity index (χ3v) is 2.09. The zero-order valence-corrected chi connectivity index (χ0v) is 7.54. The van der Waals surface area contributed by atoms with Crippen molar-refractivity contribution in [2.45, 2.75) is 0 Å². The van der Waals surface area contributed by atoms with E-state index in [-0.39, 0.29) is 17.0 Å². The number of benzene rings is 1. The van der Waals surface area contributed by atoms with Crippen LogP contribution in [0, 0.1) is 0 Å². The van der Waals surface area contributed by atoms with Crippen molar-refractivity contribution in [3.63, 3.8) is 0 Å². The highest BCUT2D eigenvalue weighted by atomic mass is 16.1. The van der Waals surface area contributed by atoms with Gasteiger partial charge < -0.3 is 0 Å². The molecule has 0 fully saturated rings. The Kier molecular flexibility index (Phi) is 2.08. The number of carbonyl (C=O) groups is 2. The number of nitrogens with zero attached hydrogens (tertiary/aromatic N) is 3. The highest BCUT2D eigenvalue weighted by molar-refractivity contribution is 6.24. The lowest BCUT2D eigenvalue weighted by molar-refractivity contribution is 0.0983. The smallest absolute Gasteiger partial charge is 0.196 e. The Bertz CT molecular complexity index is 539. The number of fused-ring (bicyclic) bond motifs is 1. The Morgan fingerprint density at radius 3 is 2.47 bits per heavy atom. The third kappa shape index (κ3) is 1.41. The zero-order chi connectivity index (χ0) is 10.8. The Morgan fingerprint density at radius 1 is 1.13 bits per heavy atom. The molecule has 15 heavy (non-hydrogen) atoms. The molecular weight excluding hydrogens is 194 g/mol. The molecule has 0 aromatic heterocycles. The molecule has 1 aliphatic carbocycles. The van der Waals surface area contributed by atoms with Crippen molar-refractivity contribution >= 4 is 11.6 Å². The van der Waals surface area contributed by atoms with Crippen molar-refractivity contribution in [2.75, 3.05) is 0 Å². The number of ketones is 2. The second-order valence-corrected chi connectivity index (χ2v) is 2.96. The van der Waals surface area contributed by atoms with E-state index in [2.05, 4.69) is 10.0 Å². The average molecular weight is 199 g/mol. The summed E-state index contributed by atoms with van der Waals surface area (Å²) in [6.07, 6.45) is 1.06. The van der Waals surface area contributed by atoms with E-state index in [1.807, 2.05) is 0 Å². The van der Waals surface area contributed by atoms with Gasteiger partial charge in [0, 0.05) is 16.0 Å². The molecule has 5 heteroatoms. The van der Waals surface area contributed by atoms with E-state index in [0.717, 1.165) is 6.08 Å². The summed E-state index contributed by atoms with van der Waals surface area (Å²) in [5.41, 5.74) is 8.70. The maximum absolute atomic E-state index is 11.7. The van der Waals surface area contributed by atoms with Crippen LogP contribution in [0.25, 0.3) is 10.4 Å². The van der Waals surface area contributed by atoms with Crippen LogP contribution in [-0.2, 0) is 0 Å². The fourth-order valence-electron chi connectivity index (χ4n) is 1.42. The summed E-state index contributed by atoms with van der Waals surface area (Å²) in [6.45, 7) is 0. The quantitative estimate of drug-likeness (QED) is 0.394. The topological polar surface area (TPSA) is 82.9 Å². The number of rotatable bonds is 1. The molecule has 0 spiro atoms.